The van der Waals surface area contributed by atoms with Crippen molar-refractivity contribution in [3.8, 4) is 0 Å². The number of hydrogen-bond acceptors (Lipinski definition) is 4. The Morgan fingerprint density at radius 2 is 1.92 bits per heavy atom. The number of carbonyl (C=O) groups is 2. The Kier molecular flexibility index (Phi) is 5.39. The number of amides is 2. The third-order valence-electron chi connectivity index (χ3n) is 4.39. The zero-order chi connectivity index (χ0) is 17.9. The molecule has 0 bridgehead atoms. The van der Waals surface area contributed by atoms with Crippen LogP contribution < -0.4 is 10.0 Å². The van der Waals surface area contributed by atoms with Gasteiger partial charge in [-0.3, -0.25) is 9.59 Å². The molecule has 2 amide bonds. The zero-order valence-electron chi connectivity index (χ0n) is 14.0. The molecule has 7 nitrogen and oxygen atoms in total. The Hall–Kier alpha value is -1.93. The summed E-state index contributed by atoms with van der Waals surface area (Å²) in [6.45, 7) is 1.94. The molecular formula is C17H23N3O4S. The van der Waals surface area contributed by atoms with E-state index in [0.29, 0.717) is 31.5 Å². The fourth-order valence-corrected chi connectivity index (χ4v) is 4.09. The minimum Gasteiger partial charge on any atom is -0.352 e. The summed E-state index contributed by atoms with van der Waals surface area (Å²) in [5, 5.41) is 2.80. The van der Waals surface area contributed by atoms with Crippen LogP contribution in [0.15, 0.2) is 29.2 Å². The van der Waals surface area contributed by atoms with Crippen LogP contribution in [-0.2, 0) is 14.8 Å². The highest BCUT2D eigenvalue weighted by molar-refractivity contribution is 7.89. The number of nitrogens with one attached hydrogen (secondary N) is 2. The predicted molar refractivity (Wildman–Crippen MR) is 92.5 cm³/mol. The molecule has 1 saturated heterocycles. The van der Waals surface area contributed by atoms with E-state index in [0.717, 1.165) is 25.8 Å². The number of sulfonamides is 1. The minimum absolute atomic E-state index is 0.0514. The predicted octanol–water partition coefficient (Wildman–Crippen LogP) is 0.870. The molecule has 136 valence electrons. The first kappa shape index (κ1) is 17.9. The normalized spacial score (nSPS) is 17.8. The molecule has 2 aliphatic rings. The summed E-state index contributed by atoms with van der Waals surface area (Å²) >= 11 is 0. The molecule has 1 aromatic rings. The second kappa shape index (κ2) is 7.53. The molecule has 25 heavy (non-hydrogen) atoms. The summed E-state index contributed by atoms with van der Waals surface area (Å²) in [5.41, 5.74) is 0.419. The van der Waals surface area contributed by atoms with E-state index < -0.39 is 10.0 Å². The van der Waals surface area contributed by atoms with Gasteiger partial charge in [-0.1, -0.05) is 0 Å². The van der Waals surface area contributed by atoms with E-state index in [4.69, 9.17) is 0 Å². The molecule has 2 fully saturated rings. The maximum absolute atomic E-state index is 12.1. The summed E-state index contributed by atoms with van der Waals surface area (Å²) in [6.07, 6.45) is 3.99. The van der Waals surface area contributed by atoms with E-state index in [1.807, 2.05) is 4.90 Å². The molecule has 0 spiro atoms. The Balaban J connectivity index is 1.46. The van der Waals surface area contributed by atoms with Crippen LogP contribution in [0.1, 0.15) is 42.5 Å². The van der Waals surface area contributed by atoms with Gasteiger partial charge in [0.25, 0.3) is 5.91 Å². The summed E-state index contributed by atoms with van der Waals surface area (Å²) in [6, 6.07) is 5.97. The molecule has 2 N–H and O–H groups in total. The van der Waals surface area contributed by atoms with Crippen molar-refractivity contribution < 1.29 is 18.0 Å². The average molecular weight is 365 g/mol. The third kappa shape index (κ3) is 4.79. The van der Waals surface area contributed by atoms with Crippen LogP contribution in [0.2, 0.25) is 0 Å². The Morgan fingerprint density at radius 3 is 2.52 bits per heavy atom. The molecule has 0 atom stereocenters. The first-order valence-electron chi connectivity index (χ1n) is 8.64. The lowest BCUT2D eigenvalue weighted by molar-refractivity contribution is -0.127. The molecule has 0 aromatic heterocycles. The van der Waals surface area contributed by atoms with Gasteiger partial charge < -0.3 is 10.2 Å². The monoisotopic (exact) mass is 365 g/mol. The first-order chi connectivity index (χ1) is 12.0. The molecule has 3 rings (SSSR count). The number of hydrogen-bond donors (Lipinski definition) is 2. The molecule has 1 aliphatic carbocycles. The molecule has 0 unspecified atom stereocenters. The fraction of sp³-hybridized carbons (Fsp3) is 0.529. The molecule has 0 radical (unpaired) electrons. The Bertz CT molecular complexity index is 742. The van der Waals surface area contributed by atoms with E-state index in [-0.39, 0.29) is 22.8 Å². The second-order valence-corrected chi connectivity index (χ2v) is 8.23. The number of nitrogens with zero attached hydrogens (tertiary/aromatic N) is 1. The smallest absolute Gasteiger partial charge is 0.251 e. The van der Waals surface area contributed by atoms with Crippen molar-refractivity contribution in [1.29, 1.82) is 0 Å². The summed E-state index contributed by atoms with van der Waals surface area (Å²) < 4.78 is 26.8. The number of rotatable bonds is 8. The molecule has 8 heteroatoms. The quantitative estimate of drug-likeness (QED) is 0.668. The molecule has 1 aromatic carbocycles. The Morgan fingerprint density at radius 1 is 1.20 bits per heavy atom. The van der Waals surface area contributed by atoms with Gasteiger partial charge in [-0.15, -0.1) is 0 Å². The van der Waals surface area contributed by atoms with Crippen molar-refractivity contribution in [3.05, 3.63) is 29.8 Å². The lowest BCUT2D eigenvalue weighted by Crippen LogP contribution is -2.30. The lowest BCUT2D eigenvalue weighted by Gasteiger charge is -2.15. The van der Waals surface area contributed by atoms with Gasteiger partial charge in [-0.05, 0) is 49.9 Å². The van der Waals surface area contributed by atoms with Crippen molar-refractivity contribution in [2.24, 2.45) is 0 Å². The SMILES string of the molecule is O=C(NCCCN1CCCC1=O)c1ccc(S(=O)(=O)NC2CC2)cc1. The molecule has 1 aliphatic heterocycles. The van der Waals surface area contributed by atoms with Crippen LogP contribution in [0, 0.1) is 0 Å². The number of likely N-dealkylation sites (tertiary alicyclic amines) is 1. The van der Waals surface area contributed by atoms with Crippen molar-refractivity contribution in [1.82, 2.24) is 14.9 Å². The van der Waals surface area contributed by atoms with E-state index >= 15 is 0 Å². The summed E-state index contributed by atoms with van der Waals surface area (Å²) in [7, 11) is -3.49. The average Bonchev–Trinajstić information content (AvgIpc) is 3.30. The van der Waals surface area contributed by atoms with Gasteiger partial charge in [0.15, 0.2) is 0 Å². The van der Waals surface area contributed by atoms with Crippen molar-refractivity contribution in [2.75, 3.05) is 19.6 Å². The van der Waals surface area contributed by atoms with Crippen LogP contribution in [0.25, 0.3) is 0 Å². The van der Waals surface area contributed by atoms with Crippen LogP contribution in [0.5, 0.6) is 0 Å². The van der Waals surface area contributed by atoms with Gasteiger partial charge in [-0.2, -0.15) is 0 Å². The molecule has 1 saturated carbocycles. The van der Waals surface area contributed by atoms with Gasteiger partial charge in [0, 0.05) is 37.7 Å². The van der Waals surface area contributed by atoms with Crippen LogP contribution >= 0.6 is 0 Å². The van der Waals surface area contributed by atoms with Crippen LogP contribution in [-0.4, -0.2) is 50.8 Å². The maximum Gasteiger partial charge on any atom is 0.251 e. The maximum atomic E-state index is 12.1. The number of carbonyl (C=O) groups excluding carboxylic acids is 2. The van der Waals surface area contributed by atoms with E-state index in [1.54, 1.807) is 0 Å². The lowest BCUT2D eigenvalue weighted by atomic mass is 10.2. The van der Waals surface area contributed by atoms with E-state index in [9.17, 15) is 18.0 Å². The highest BCUT2D eigenvalue weighted by atomic mass is 32.2. The van der Waals surface area contributed by atoms with Crippen molar-refractivity contribution in [3.63, 3.8) is 0 Å². The largest absolute Gasteiger partial charge is 0.352 e. The van der Waals surface area contributed by atoms with Crippen LogP contribution in [0.3, 0.4) is 0 Å². The molecular weight excluding hydrogens is 342 g/mol. The highest BCUT2D eigenvalue weighted by Gasteiger charge is 2.28. The Labute approximate surface area is 147 Å². The van der Waals surface area contributed by atoms with E-state index in [1.165, 1.54) is 24.3 Å². The second-order valence-electron chi connectivity index (χ2n) is 6.51. The van der Waals surface area contributed by atoms with Gasteiger partial charge in [0.2, 0.25) is 15.9 Å². The first-order valence-corrected chi connectivity index (χ1v) is 10.1. The third-order valence-corrected chi connectivity index (χ3v) is 5.92. The number of benzene rings is 1. The minimum atomic E-state index is -3.49. The van der Waals surface area contributed by atoms with Crippen LogP contribution in [0.4, 0.5) is 0 Å². The topological polar surface area (TPSA) is 95.6 Å². The van der Waals surface area contributed by atoms with E-state index in [2.05, 4.69) is 10.0 Å². The molecule has 1 heterocycles. The van der Waals surface area contributed by atoms with Crippen molar-refractivity contribution in [2.45, 2.75) is 43.0 Å². The standard InChI is InChI=1S/C17H23N3O4S/c21-16-3-1-11-20(16)12-2-10-18-17(22)13-4-8-15(9-5-13)25(23,24)19-14-6-7-14/h4-5,8-9,14,19H,1-3,6-7,10-12H2,(H,18,22). The summed E-state index contributed by atoms with van der Waals surface area (Å²) in [4.78, 5) is 25.6. The zero-order valence-corrected chi connectivity index (χ0v) is 14.8. The van der Waals surface area contributed by atoms with Gasteiger partial charge in [0.1, 0.15) is 0 Å². The highest BCUT2D eigenvalue weighted by Crippen LogP contribution is 2.22. The van der Waals surface area contributed by atoms with Gasteiger partial charge in [0.05, 0.1) is 4.90 Å². The summed E-state index contributed by atoms with van der Waals surface area (Å²) in [5.74, 6) is -0.0604. The fourth-order valence-electron chi connectivity index (χ4n) is 2.79. The van der Waals surface area contributed by atoms with Gasteiger partial charge >= 0.3 is 0 Å². The van der Waals surface area contributed by atoms with Crippen molar-refractivity contribution >= 4 is 21.8 Å². The van der Waals surface area contributed by atoms with Gasteiger partial charge in [-0.25, -0.2) is 13.1 Å².